The van der Waals surface area contributed by atoms with Gasteiger partial charge in [0.1, 0.15) is 0 Å². The topological polar surface area (TPSA) is 79.4 Å². The standard InChI is InChI=1S/C15H17N3O3S/c19-10-3-4-11-12(8-10)22-14(17-11)5-6-16-13(20)9-18-7-1-2-15(18)21/h3-4H,1-2,5-9H2,(H,16,20). The molecule has 2 heterocycles. The Morgan fingerprint density at radius 3 is 3.00 bits per heavy atom. The predicted molar refractivity (Wildman–Crippen MR) is 82.4 cm³/mol. The van der Waals surface area contributed by atoms with Gasteiger partial charge < -0.3 is 10.2 Å². The van der Waals surface area contributed by atoms with Crippen molar-refractivity contribution in [2.75, 3.05) is 19.6 Å². The Morgan fingerprint density at radius 2 is 2.23 bits per heavy atom. The van der Waals surface area contributed by atoms with Gasteiger partial charge in [0.15, 0.2) is 5.78 Å². The number of carbonyl (C=O) groups is 3. The van der Waals surface area contributed by atoms with E-state index in [0.717, 1.165) is 22.0 Å². The first kappa shape index (κ1) is 14.9. The van der Waals surface area contributed by atoms with Crippen molar-refractivity contribution in [3.8, 4) is 0 Å². The highest BCUT2D eigenvalue weighted by Crippen LogP contribution is 2.24. The van der Waals surface area contributed by atoms with Gasteiger partial charge in [0.2, 0.25) is 11.8 Å². The summed E-state index contributed by atoms with van der Waals surface area (Å²) in [6.07, 6.45) is 5.75. The quantitative estimate of drug-likeness (QED) is 0.860. The van der Waals surface area contributed by atoms with Gasteiger partial charge in [0.25, 0.3) is 0 Å². The third-order valence-corrected chi connectivity index (χ3v) is 4.83. The fourth-order valence-corrected chi connectivity index (χ4v) is 3.64. The molecule has 0 radical (unpaired) electrons. The summed E-state index contributed by atoms with van der Waals surface area (Å²) in [4.78, 5) is 41.6. The highest BCUT2D eigenvalue weighted by molar-refractivity contribution is 7.12. The lowest BCUT2D eigenvalue weighted by molar-refractivity contribution is -0.133. The maximum atomic E-state index is 11.8. The largest absolute Gasteiger partial charge is 0.354 e. The van der Waals surface area contributed by atoms with Gasteiger partial charge in [0.05, 0.1) is 17.2 Å². The molecule has 7 heteroatoms. The maximum absolute atomic E-state index is 11.8. The Hall–Kier alpha value is -2.02. The number of carbonyl (C=O) groups excluding carboxylic acids is 3. The van der Waals surface area contributed by atoms with Crippen molar-refractivity contribution < 1.29 is 14.4 Å². The Labute approximate surface area is 132 Å². The van der Waals surface area contributed by atoms with Crippen molar-refractivity contribution in [1.29, 1.82) is 0 Å². The fourth-order valence-electron chi connectivity index (χ4n) is 2.58. The molecule has 1 aliphatic carbocycles. The van der Waals surface area contributed by atoms with E-state index in [1.54, 1.807) is 17.1 Å². The molecule has 2 amide bonds. The second-order valence-electron chi connectivity index (χ2n) is 5.41. The van der Waals surface area contributed by atoms with Crippen molar-refractivity contribution in [3.05, 3.63) is 21.7 Å². The molecular weight excluding hydrogens is 302 g/mol. The lowest BCUT2D eigenvalue weighted by Gasteiger charge is -2.14. The monoisotopic (exact) mass is 319 g/mol. The number of aromatic nitrogens is 1. The number of fused-ring (bicyclic) bond motifs is 1. The number of likely N-dealkylation sites (tertiary alicyclic amines) is 1. The average molecular weight is 319 g/mol. The first-order chi connectivity index (χ1) is 10.6. The van der Waals surface area contributed by atoms with E-state index in [9.17, 15) is 14.4 Å². The SMILES string of the molecule is O=C1C=Cc2nc(CCNC(=O)CN3CCCC3=O)sc2C1. The van der Waals surface area contributed by atoms with Crippen LogP contribution in [0.2, 0.25) is 0 Å². The van der Waals surface area contributed by atoms with Gasteiger partial charge in [-0.05, 0) is 18.6 Å². The van der Waals surface area contributed by atoms with Crippen LogP contribution in [0.1, 0.15) is 28.4 Å². The van der Waals surface area contributed by atoms with Gasteiger partial charge in [-0.25, -0.2) is 4.98 Å². The number of rotatable bonds is 5. The van der Waals surface area contributed by atoms with E-state index in [-0.39, 0.29) is 24.1 Å². The molecule has 0 atom stereocenters. The van der Waals surface area contributed by atoms with Gasteiger partial charge >= 0.3 is 0 Å². The van der Waals surface area contributed by atoms with E-state index in [1.165, 1.54) is 11.3 Å². The zero-order valence-corrected chi connectivity index (χ0v) is 12.9. The lowest BCUT2D eigenvalue weighted by Crippen LogP contribution is -2.38. The number of allylic oxidation sites excluding steroid dienone is 1. The van der Waals surface area contributed by atoms with Gasteiger partial charge in [-0.3, -0.25) is 14.4 Å². The summed E-state index contributed by atoms with van der Waals surface area (Å²) in [7, 11) is 0. The van der Waals surface area contributed by atoms with Crippen LogP contribution >= 0.6 is 11.3 Å². The van der Waals surface area contributed by atoms with Gasteiger partial charge in [-0.1, -0.05) is 0 Å². The molecule has 1 saturated heterocycles. The van der Waals surface area contributed by atoms with E-state index in [1.807, 2.05) is 0 Å². The summed E-state index contributed by atoms with van der Waals surface area (Å²) in [5.41, 5.74) is 0.869. The number of amides is 2. The summed E-state index contributed by atoms with van der Waals surface area (Å²) >= 11 is 1.53. The summed E-state index contributed by atoms with van der Waals surface area (Å²) in [5, 5.41) is 3.74. The summed E-state index contributed by atoms with van der Waals surface area (Å²) < 4.78 is 0. The molecule has 0 saturated carbocycles. The van der Waals surface area contributed by atoms with Gasteiger partial charge in [-0.15, -0.1) is 11.3 Å². The molecule has 1 aromatic heterocycles. The first-order valence-corrected chi connectivity index (χ1v) is 8.17. The van der Waals surface area contributed by atoms with Crippen LogP contribution in [0, 0.1) is 0 Å². The van der Waals surface area contributed by atoms with Crippen molar-refractivity contribution in [1.82, 2.24) is 15.2 Å². The van der Waals surface area contributed by atoms with E-state index >= 15 is 0 Å². The number of ketones is 1. The molecule has 22 heavy (non-hydrogen) atoms. The van der Waals surface area contributed by atoms with E-state index in [0.29, 0.717) is 32.4 Å². The molecule has 1 aromatic rings. The zero-order chi connectivity index (χ0) is 15.5. The third-order valence-electron chi connectivity index (χ3n) is 3.70. The van der Waals surface area contributed by atoms with Crippen LogP contribution in [0.4, 0.5) is 0 Å². The van der Waals surface area contributed by atoms with Crippen LogP contribution in [-0.2, 0) is 27.2 Å². The van der Waals surface area contributed by atoms with Gasteiger partial charge in [0, 0.05) is 37.2 Å². The maximum Gasteiger partial charge on any atom is 0.239 e. The fraction of sp³-hybridized carbons (Fsp3) is 0.467. The number of hydrogen-bond acceptors (Lipinski definition) is 5. The molecule has 1 N–H and O–H groups in total. The molecular formula is C15H17N3O3S. The van der Waals surface area contributed by atoms with E-state index < -0.39 is 0 Å². The Bertz CT molecular complexity index is 650. The highest BCUT2D eigenvalue weighted by atomic mass is 32.1. The molecule has 2 aliphatic rings. The Balaban J connectivity index is 1.45. The van der Waals surface area contributed by atoms with Crippen molar-refractivity contribution in [3.63, 3.8) is 0 Å². The van der Waals surface area contributed by atoms with Crippen LogP contribution in [-0.4, -0.2) is 47.1 Å². The Morgan fingerprint density at radius 1 is 1.36 bits per heavy atom. The smallest absolute Gasteiger partial charge is 0.239 e. The number of thiazole rings is 1. The van der Waals surface area contributed by atoms with E-state index in [2.05, 4.69) is 10.3 Å². The number of nitrogens with zero attached hydrogens (tertiary/aromatic N) is 2. The second-order valence-corrected chi connectivity index (χ2v) is 6.58. The molecule has 0 spiro atoms. The molecule has 6 nitrogen and oxygen atoms in total. The zero-order valence-electron chi connectivity index (χ0n) is 12.1. The van der Waals surface area contributed by atoms with Crippen LogP contribution < -0.4 is 5.32 Å². The Kier molecular flexibility index (Phi) is 4.33. The van der Waals surface area contributed by atoms with E-state index in [4.69, 9.17) is 0 Å². The minimum absolute atomic E-state index is 0.0548. The number of hydrogen-bond donors (Lipinski definition) is 1. The van der Waals surface area contributed by atoms with Crippen LogP contribution in [0.3, 0.4) is 0 Å². The first-order valence-electron chi connectivity index (χ1n) is 7.36. The molecule has 0 aromatic carbocycles. The minimum atomic E-state index is -0.133. The van der Waals surface area contributed by atoms with Crippen LogP contribution in [0.25, 0.3) is 6.08 Å². The third kappa shape index (κ3) is 3.41. The average Bonchev–Trinajstić information content (AvgIpc) is 3.05. The lowest BCUT2D eigenvalue weighted by atomic mass is 10.1. The molecule has 3 rings (SSSR count). The van der Waals surface area contributed by atoms with Crippen molar-refractivity contribution in [2.45, 2.75) is 25.7 Å². The molecule has 1 aliphatic heterocycles. The van der Waals surface area contributed by atoms with Crippen molar-refractivity contribution in [2.24, 2.45) is 0 Å². The summed E-state index contributed by atoms with van der Waals surface area (Å²) in [6, 6.07) is 0. The van der Waals surface area contributed by atoms with Crippen molar-refractivity contribution >= 4 is 35.0 Å². The number of nitrogens with one attached hydrogen (secondary N) is 1. The highest BCUT2D eigenvalue weighted by Gasteiger charge is 2.22. The normalized spacial score (nSPS) is 17.0. The predicted octanol–water partition coefficient (Wildman–Crippen LogP) is 0.563. The molecule has 116 valence electrons. The summed E-state index contributed by atoms with van der Waals surface area (Å²) in [6.45, 7) is 1.31. The summed E-state index contributed by atoms with van der Waals surface area (Å²) in [5.74, 6) is 0.0251. The minimum Gasteiger partial charge on any atom is -0.354 e. The second kappa shape index (κ2) is 6.39. The van der Waals surface area contributed by atoms with Crippen LogP contribution in [0.5, 0.6) is 0 Å². The van der Waals surface area contributed by atoms with Crippen LogP contribution in [0.15, 0.2) is 6.08 Å². The molecule has 1 fully saturated rings. The van der Waals surface area contributed by atoms with Gasteiger partial charge in [-0.2, -0.15) is 0 Å². The molecule has 0 bridgehead atoms. The molecule has 0 unspecified atom stereocenters.